The molecule has 0 aliphatic rings. The Balaban J connectivity index is 2.10. The lowest BCUT2D eigenvalue weighted by Gasteiger charge is -2.20. The van der Waals surface area contributed by atoms with Crippen LogP contribution >= 0.6 is 11.6 Å². The van der Waals surface area contributed by atoms with Gasteiger partial charge in [0.1, 0.15) is 23.0 Å². The van der Waals surface area contributed by atoms with Gasteiger partial charge in [0.05, 0.1) is 22.0 Å². The number of amides is 1. The number of hydrogen-bond acceptors (Lipinski definition) is 4. The number of halogens is 5. The first-order valence-corrected chi connectivity index (χ1v) is 10.5. The minimum Gasteiger partial charge on any atom is -0.480 e. The van der Waals surface area contributed by atoms with Gasteiger partial charge in [0.25, 0.3) is 5.91 Å². The monoisotopic (exact) mass is 499 g/mol. The Labute approximate surface area is 198 Å². The van der Waals surface area contributed by atoms with Crippen molar-refractivity contribution in [3.63, 3.8) is 0 Å². The predicted octanol–water partition coefficient (Wildman–Crippen LogP) is 5.69. The highest BCUT2D eigenvalue weighted by Crippen LogP contribution is 2.35. The Morgan fingerprint density at radius 2 is 1.88 bits per heavy atom. The zero-order valence-corrected chi connectivity index (χ0v) is 19.4. The van der Waals surface area contributed by atoms with Crippen molar-refractivity contribution in [2.24, 2.45) is 7.05 Å². The number of ether oxygens (including phenoxy) is 1. The van der Waals surface area contributed by atoms with Crippen molar-refractivity contribution in [3.8, 4) is 17.0 Å². The quantitative estimate of drug-likeness (QED) is 0.427. The molecular weight excluding hydrogens is 478 g/mol. The Bertz CT molecular complexity index is 1220. The van der Waals surface area contributed by atoms with E-state index in [0.717, 1.165) is 19.1 Å². The van der Waals surface area contributed by atoms with Crippen molar-refractivity contribution in [1.82, 2.24) is 9.55 Å². The van der Waals surface area contributed by atoms with Crippen molar-refractivity contribution in [1.29, 1.82) is 0 Å². The van der Waals surface area contributed by atoms with Crippen LogP contribution in [0.5, 0.6) is 5.75 Å². The number of aliphatic hydroxyl groups is 1. The number of alkyl halides is 3. The van der Waals surface area contributed by atoms with Crippen molar-refractivity contribution in [2.45, 2.75) is 38.7 Å². The van der Waals surface area contributed by atoms with E-state index in [9.17, 15) is 23.1 Å². The predicted molar refractivity (Wildman–Crippen MR) is 119 cm³/mol. The highest BCUT2D eigenvalue weighted by atomic mass is 35.5. The van der Waals surface area contributed by atoms with E-state index in [0.29, 0.717) is 0 Å². The van der Waals surface area contributed by atoms with Crippen LogP contribution in [0.4, 0.5) is 23.2 Å². The number of nitrogens with one attached hydrogen (secondary N) is 1. The van der Waals surface area contributed by atoms with Crippen LogP contribution in [0, 0.1) is 5.82 Å². The Morgan fingerprint density at radius 3 is 2.44 bits per heavy atom. The molecule has 1 atom stereocenters. The van der Waals surface area contributed by atoms with E-state index >= 15 is 4.39 Å². The van der Waals surface area contributed by atoms with Crippen LogP contribution in [-0.4, -0.2) is 32.8 Å². The molecule has 0 radical (unpaired) electrons. The maximum absolute atomic E-state index is 15.1. The fraction of sp³-hybridized carbons (Fsp3) is 0.304. The van der Waals surface area contributed by atoms with Crippen LogP contribution in [0.2, 0.25) is 5.02 Å². The van der Waals surface area contributed by atoms with Gasteiger partial charge in [0.2, 0.25) is 0 Å². The molecule has 3 rings (SSSR count). The fourth-order valence-electron chi connectivity index (χ4n) is 3.20. The zero-order chi connectivity index (χ0) is 25.4. The van der Waals surface area contributed by atoms with Crippen LogP contribution in [0.1, 0.15) is 37.0 Å². The van der Waals surface area contributed by atoms with Crippen LogP contribution in [0.25, 0.3) is 11.3 Å². The molecule has 0 aliphatic carbocycles. The molecule has 11 heteroatoms. The van der Waals surface area contributed by atoms with E-state index in [1.807, 2.05) is 0 Å². The number of aromatic nitrogens is 2. The number of carbonyl (C=O) groups is 1. The van der Waals surface area contributed by atoms with Gasteiger partial charge in [0.15, 0.2) is 6.10 Å². The first-order chi connectivity index (χ1) is 15.7. The minimum absolute atomic E-state index is 0.0414. The summed E-state index contributed by atoms with van der Waals surface area (Å²) in [5.74, 6) is -2.13. The van der Waals surface area contributed by atoms with E-state index in [1.54, 1.807) is 19.2 Å². The molecule has 0 fully saturated rings. The molecule has 1 aromatic heterocycles. The SMILES string of the molecule is CC(Oc1cc(-c2cn(C)c(C(C)(C)O)n2)c(F)cc1C(=O)Nc1ccccc1Cl)C(F)(F)F. The number of hydrogen-bond donors (Lipinski definition) is 2. The molecule has 6 nitrogen and oxygen atoms in total. The average Bonchev–Trinajstić information content (AvgIpc) is 3.11. The summed E-state index contributed by atoms with van der Waals surface area (Å²) >= 11 is 6.03. The lowest BCUT2D eigenvalue weighted by atomic mass is 10.1. The molecule has 1 heterocycles. The summed E-state index contributed by atoms with van der Waals surface area (Å²) in [5.41, 5.74) is -1.80. The number of aryl methyl sites for hydroxylation is 1. The summed E-state index contributed by atoms with van der Waals surface area (Å²) in [6, 6.07) is 7.96. The number of benzene rings is 2. The Kier molecular flexibility index (Phi) is 6.95. The molecule has 1 amide bonds. The topological polar surface area (TPSA) is 76.4 Å². The normalized spacial score (nSPS) is 13.0. The van der Waals surface area contributed by atoms with Gasteiger partial charge in [-0.1, -0.05) is 23.7 Å². The summed E-state index contributed by atoms with van der Waals surface area (Å²) in [6.07, 6.45) is -5.61. The number of anilines is 1. The first kappa shape index (κ1) is 25.5. The van der Waals surface area contributed by atoms with Crippen molar-refractivity contribution in [2.75, 3.05) is 5.32 Å². The molecule has 2 N–H and O–H groups in total. The highest BCUT2D eigenvalue weighted by molar-refractivity contribution is 6.33. The summed E-state index contributed by atoms with van der Waals surface area (Å²) < 4.78 is 61.2. The molecule has 0 aliphatic heterocycles. The van der Waals surface area contributed by atoms with Crippen molar-refractivity contribution < 1.29 is 32.2 Å². The third-order valence-corrected chi connectivity index (χ3v) is 5.23. The van der Waals surface area contributed by atoms with Gasteiger partial charge < -0.3 is 19.7 Å². The number of carbonyl (C=O) groups excluding carboxylic acids is 1. The maximum Gasteiger partial charge on any atom is 0.425 e. The molecular formula is C23H22ClF4N3O3. The summed E-state index contributed by atoms with van der Waals surface area (Å²) in [7, 11) is 1.58. The van der Waals surface area contributed by atoms with Crippen LogP contribution in [0.3, 0.4) is 0 Å². The van der Waals surface area contributed by atoms with Gasteiger partial charge in [-0.3, -0.25) is 4.79 Å². The van der Waals surface area contributed by atoms with E-state index in [-0.39, 0.29) is 27.8 Å². The Hall–Kier alpha value is -3.11. The smallest absolute Gasteiger partial charge is 0.425 e. The molecule has 0 spiro atoms. The molecule has 2 aromatic carbocycles. The second-order valence-corrected chi connectivity index (χ2v) is 8.59. The Morgan fingerprint density at radius 1 is 1.24 bits per heavy atom. The number of rotatable bonds is 6. The van der Waals surface area contributed by atoms with E-state index in [1.165, 1.54) is 36.7 Å². The first-order valence-electron chi connectivity index (χ1n) is 10.1. The third kappa shape index (κ3) is 5.51. The molecule has 1 unspecified atom stereocenters. The number of para-hydroxylation sites is 1. The van der Waals surface area contributed by atoms with Crippen LogP contribution < -0.4 is 10.1 Å². The van der Waals surface area contributed by atoms with Gasteiger partial charge in [-0.05, 0) is 45.0 Å². The number of imidazole rings is 1. The second-order valence-electron chi connectivity index (χ2n) is 8.18. The van der Waals surface area contributed by atoms with Crippen LogP contribution in [0.15, 0.2) is 42.6 Å². The van der Waals surface area contributed by atoms with Gasteiger partial charge in [-0.25, -0.2) is 9.37 Å². The molecule has 3 aromatic rings. The lowest BCUT2D eigenvalue weighted by Crippen LogP contribution is -2.32. The molecule has 182 valence electrons. The average molecular weight is 500 g/mol. The highest BCUT2D eigenvalue weighted by Gasteiger charge is 2.39. The summed E-state index contributed by atoms with van der Waals surface area (Å²) in [4.78, 5) is 17.1. The van der Waals surface area contributed by atoms with Gasteiger partial charge in [-0.2, -0.15) is 13.2 Å². The molecule has 34 heavy (non-hydrogen) atoms. The third-order valence-electron chi connectivity index (χ3n) is 4.90. The van der Waals surface area contributed by atoms with E-state index in [2.05, 4.69) is 10.3 Å². The van der Waals surface area contributed by atoms with E-state index < -0.39 is 40.9 Å². The fourth-order valence-corrected chi connectivity index (χ4v) is 3.38. The van der Waals surface area contributed by atoms with Gasteiger partial charge in [-0.15, -0.1) is 0 Å². The van der Waals surface area contributed by atoms with E-state index in [4.69, 9.17) is 16.3 Å². The summed E-state index contributed by atoms with van der Waals surface area (Å²) in [6.45, 7) is 3.74. The minimum atomic E-state index is -4.73. The summed E-state index contributed by atoms with van der Waals surface area (Å²) in [5, 5.41) is 12.9. The largest absolute Gasteiger partial charge is 0.480 e. The van der Waals surface area contributed by atoms with Crippen LogP contribution in [-0.2, 0) is 12.6 Å². The zero-order valence-electron chi connectivity index (χ0n) is 18.7. The molecule has 0 bridgehead atoms. The van der Waals surface area contributed by atoms with Gasteiger partial charge >= 0.3 is 6.18 Å². The van der Waals surface area contributed by atoms with Crippen molar-refractivity contribution >= 4 is 23.2 Å². The molecule has 0 saturated carbocycles. The number of nitrogens with zero attached hydrogens (tertiary/aromatic N) is 2. The molecule has 0 saturated heterocycles. The van der Waals surface area contributed by atoms with Crippen molar-refractivity contribution in [3.05, 3.63) is 64.8 Å². The van der Waals surface area contributed by atoms with Gasteiger partial charge in [0, 0.05) is 18.8 Å². The lowest BCUT2D eigenvalue weighted by molar-refractivity contribution is -0.189. The maximum atomic E-state index is 15.1. The standard InChI is InChI=1S/C23H22ClF4N3O3/c1-12(23(26,27)28)34-19-10-13(18-11-31(4)21(30-18)22(2,3)33)16(25)9-14(19)20(32)29-17-8-6-5-7-15(17)24/h5-12,33H,1-4H3,(H,29,32). The second kappa shape index (κ2) is 9.27.